The molecule has 1 aromatic heterocycles. The normalized spacial score (nSPS) is 24.5. The molecule has 90 valence electrons. The van der Waals surface area contributed by atoms with Gasteiger partial charge in [0.15, 0.2) is 0 Å². The maximum atomic E-state index is 5.89. The molecule has 3 nitrogen and oxygen atoms in total. The average molecular weight is 240 g/mol. The number of nitrogens with zero attached hydrogens (tertiary/aromatic N) is 1. The highest BCUT2D eigenvalue weighted by molar-refractivity contribution is 7.07. The topological polar surface area (TPSA) is 24.5 Å². The van der Waals surface area contributed by atoms with Crippen LogP contribution in [0.5, 0.6) is 0 Å². The van der Waals surface area contributed by atoms with E-state index in [0.717, 1.165) is 26.2 Å². The van der Waals surface area contributed by atoms with Crippen LogP contribution in [0.15, 0.2) is 16.8 Å². The summed E-state index contributed by atoms with van der Waals surface area (Å²) in [6.07, 6.45) is 0.272. The molecule has 4 heteroatoms. The molecule has 0 bridgehead atoms. The summed E-state index contributed by atoms with van der Waals surface area (Å²) in [5, 5.41) is 7.70. The van der Waals surface area contributed by atoms with E-state index >= 15 is 0 Å². The Morgan fingerprint density at radius 2 is 2.56 bits per heavy atom. The van der Waals surface area contributed by atoms with Crippen LogP contribution in [0, 0.1) is 0 Å². The highest BCUT2D eigenvalue weighted by Gasteiger charge is 2.27. The number of likely N-dealkylation sites (N-methyl/N-ethyl adjacent to an activating group) is 2. The Hall–Kier alpha value is -0.420. The Labute approximate surface area is 101 Å². The molecule has 1 aromatic rings. The van der Waals surface area contributed by atoms with E-state index in [-0.39, 0.29) is 6.10 Å². The van der Waals surface area contributed by atoms with Crippen molar-refractivity contribution in [3.63, 3.8) is 0 Å². The molecular formula is C12H20N2OS. The third kappa shape index (κ3) is 2.63. The van der Waals surface area contributed by atoms with E-state index < -0.39 is 0 Å². The molecule has 1 fully saturated rings. The van der Waals surface area contributed by atoms with Crippen molar-refractivity contribution in [2.45, 2.75) is 19.1 Å². The smallest absolute Gasteiger partial charge is 0.0897 e. The summed E-state index contributed by atoms with van der Waals surface area (Å²) in [4.78, 5) is 2.45. The zero-order chi connectivity index (χ0) is 11.4. The van der Waals surface area contributed by atoms with E-state index in [1.165, 1.54) is 5.56 Å². The molecule has 2 heterocycles. The summed E-state index contributed by atoms with van der Waals surface area (Å²) in [6, 6.07) is 2.50. The molecule has 0 aliphatic carbocycles. The predicted octanol–water partition coefficient (Wildman–Crippen LogP) is 1.73. The van der Waals surface area contributed by atoms with Gasteiger partial charge in [-0.25, -0.2) is 0 Å². The van der Waals surface area contributed by atoms with Crippen LogP contribution in [0.1, 0.15) is 18.5 Å². The minimum Gasteiger partial charge on any atom is -0.374 e. The number of nitrogens with one attached hydrogen (secondary N) is 1. The molecule has 1 aliphatic rings. The van der Waals surface area contributed by atoms with Gasteiger partial charge >= 0.3 is 0 Å². The van der Waals surface area contributed by atoms with Crippen molar-refractivity contribution in [3.8, 4) is 0 Å². The molecule has 16 heavy (non-hydrogen) atoms. The second-order valence-corrected chi connectivity index (χ2v) is 4.91. The summed E-state index contributed by atoms with van der Waals surface area (Å²) in [5.74, 6) is 0. The Kier molecular flexibility index (Phi) is 4.35. The number of morpholine rings is 1. The minimum absolute atomic E-state index is 0.272. The molecule has 1 N–H and O–H groups in total. The lowest BCUT2D eigenvalue weighted by atomic mass is 10.0. The van der Waals surface area contributed by atoms with E-state index in [9.17, 15) is 0 Å². The first kappa shape index (κ1) is 12.0. The Morgan fingerprint density at radius 3 is 3.19 bits per heavy atom. The van der Waals surface area contributed by atoms with E-state index in [1.54, 1.807) is 11.3 Å². The molecule has 1 aliphatic heterocycles. The molecule has 2 unspecified atom stereocenters. The fourth-order valence-electron chi connectivity index (χ4n) is 2.24. The number of ether oxygens (including phenoxy) is 1. The summed E-state index contributed by atoms with van der Waals surface area (Å²) >= 11 is 1.74. The average Bonchev–Trinajstić information content (AvgIpc) is 2.84. The van der Waals surface area contributed by atoms with Gasteiger partial charge in [0.1, 0.15) is 0 Å². The summed E-state index contributed by atoms with van der Waals surface area (Å²) in [5.41, 5.74) is 1.34. The van der Waals surface area contributed by atoms with Crippen LogP contribution in [0.4, 0.5) is 0 Å². The number of thiophene rings is 1. The van der Waals surface area contributed by atoms with Crippen LogP contribution in [-0.4, -0.2) is 44.3 Å². The van der Waals surface area contributed by atoms with Gasteiger partial charge in [-0.1, -0.05) is 6.92 Å². The minimum atomic E-state index is 0.272. The first-order chi connectivity index (χ1) is 7.85. The van der Waals surface area contributed by atoms with Crippen LogP contribution < -0.4 is 5.32 Å². The summed E-state index contributed by atoms with van der Waals surface area (Å²) in [7, 11) is 2.01. The van der Waals surface area contributed by atoms with Crippen molar-refractivity contribution >= 4 is 11.3 Å². The maximum absolute atomic E-state index is 5.89. The summed E-state index contributed by atoms with van der Waals surface area (Å²) < 4.78 is 5.89. The zero-order valence-corrected chi connectivity index (χ0v) is 10.8. The van der Waals surface area contributed by atoms with Gasteiger partial charge in [0.05, 0.1) is 18.8 Å². The van der Waals surface area contributed by atoms with Crippen molar-refractivity contribution in [3.05, 3.63) is 22.4 Å². The molecule has 0 amide bonds. The van der Waals surface area contributed by atoms with Crippen LogP contribution in [0.3, 0.4) is 0 Å². The van der Waals surface area contributed by atoms with E-state index in [2.05, 4.69) is 34.0 Å². The molecule has 0 radical (unpaired) electrons. The fraction of sp³-hybridized carbons (Fsp3) is 0.667. The Morgan fingerprint density at radius 1 is 1.69 bits per heavy atom. The molecule has 0 saturated carbocycles. The van der Waals surface area contributed by atoms with Crippen molar-refractivity contribution in [1.82, 2.24) is 10.2 Å². The Bertz CT molecular complexity index is 302. The highest BCUT2D eigenvalue weighted by atomic mass is 32.1. The van der Waals surface area contributed by atoms with Gasteiger partial charge in [-0.2, -0.15) is 11.3 Å². The molecule has 1 saturated heterocycles. The molecular weight excluding hydrogens is 220 g/mol. The molecule has 2 atom stereocenters. The lowest BCUT2D eigenvalue weighted by Gasteiger charge is -2.36. The van der Waals surface area contributed by atoms with Gasteiger partial charge in [-0.15, -0.1) is 0 Å². The maximum Gasteiger partial charge on any atom is 0.0897 e. The second kappa shape index (κ2) is 5.77. The van der Waals surface area contributed by atoms with Gasteiger partial charge in [0.2, 0.25) is 0 Å². The lowest BCUT2D eigenvalue weighted by molar-refractivity contribution is -0.0443. The Balaban J connectivity index is 2.03. The number of hydrogen-bond donors (Lipinski definition) is 1. The third-order valence-corrected chi connectivity index (χ3v) is 3.91. The SMILES string of the molecule is CCN1CCOC(C(NC)c2ccsc2)C1. The third-order valence-electron chi connectivity index (χ3n) is 3.21. The highest BCUT2D eigenvalue weighted by Crippen LogP contribution is 2.23. The van der Waals surface area contributed by atoms with Crippen molar-refractivity contribution in [1.29, 1.82) is 0 Å². The van der Waals surface area contributed by atoms with Crippen LogP contribution in [0.2, 0.25) is 0 Å². The lowest BCUT2D eigenvalue weighted by Crippen LogP contribution is -2.47. The van der Waals surface area contributed by atoms with Gasteiger partial charge in [-0.3, -0.25) is 4.90 Å². The number of rotatable bonds is 4. The van der Waals surface area contributed by atoms with Crippen LogP contribution in [-0.2, 0) is 4.74 Å². The van der Waals surface area contributed by atoms with E-state index in [0.29, 0.717) is 6.04 Å². The first-order valence-corrected chi connectivity index (χ1v) is 6.82. The summed E-state index contributed by atoms with van der Waals surface area (Å²) in [6.45, 7) is 6.26. The van der Waals surface area contributed by atoms with Crippen LogP contribution in [0.25, 0.3) is 0 Å². The van der Waals surface area contributed by atoms with E-state index in [4.69, 9.17) is 4.74 Å². The standard InChI is InChI=1S/C12H20N2OS/c1-3-14-5-6-15-11(8-14)12(13-2)10-4-7-16-9-10/h4,7,9,11-13H,3,5-6,8H2,1-2H3. The molecule has 0 spiro atoms. The van der Waals surface area contributed by atoms with Crippen molar-refractivity contribution in [2.24, 2.45) is 0 Å². The van der Waals surface area contributed by atoms with Gasteiger partial charge in [0, 0.05) is 13.1 Å². The molecule has 2 rings (SSSR count). The van der Waals surface area contributed by atoms with Crippen molar-refractivity contribution < 1.29 is 4.74 Å². The van der Waals surface area contributed by atoms with Crippen molar-refractivity contribution in [2.75, 3.05) is 33.3 Å². The zero-order valence-electron chi connectivity index (χ0n) is 9.98. The predicted molar refractivity (Wildman–Crippen MR) is 68.0 cm³/mol. The van der Waals surface area contributed by atoms with Gasteiger partial charge < -0.3 is 10.1 Å². The van der Waals surface area contributed by atoms with Gasteiger partial charge in [0.25, 0.3) is 0 Å². The largest absolute Gasteiger partial charge is 0.374 e. The monoisotopic (exact) mass is 240 g/mol. The van der Waals surface area contributed by atoms with Gasteiger partial charge in [-0.05, 0) is 36.0 Å². The van der Waals surface area contributed by atoms with E-state index in [1.807, 2.05) is 7.05 Å². The second-order valence-electron chi connectivity index (χ2n) is 4.13. The quantitative estimate of drug-likeness (QED) is 0.867. The fourth-order valence-corrected chi connectivity index (χ4v) is 2.94. The number of hydrogen-bond acceptors (Lipinski definition) is 4. The van der Waals surface area contributed by atoms with Crippen LogP contribution >= 0.6 is 11.3 Å². The molecule has 0 aromatic carbocycles. The first-order valence-electron chi connectivity index (χ1n) is 5.88.